The van der Waals surface area contributed by atoms with Crippen LogP contribution in [0.4, 0.5) is 0 Å². The van der Waals surface area contributed by atoms with Crippen LogP contribution in [0.3, 0.4) is 0 Å². The van der Waals surface area contributed by atoms with Crippen molar-refractivity contribution in [1.82, 2.24) is 0 Å². The normalized spacial score (nSPS) is 11.1. The van der Waals surface area contributed by atoms with Crippen LogP contribution in [0, 0.1) is 6.58 Å². The second-order valence-electron chi connectivity index (χ2n) is 1.03. The van der Waals surface area contributed by atoms with E-state index in [2.05, 4.69) is 4.74 Å². The molecule has 0 aliphatic rings. The summed E-state index contributed by atoms with van der Waals surface area (Å²) in [6.07, 6.45) is 1.27. The van der Waals surface area contributed by atoms with Crippen LogP contribution in [-0.4, -0.2) is 19.5 Å². The molecule has 3 heteroatoms. The Morgan fingerprint density at radius 1 is 1.75 bits per heavy atom. The minimum atomic E-state index is -0.542. The van der Waals surface area contributed by atoms with Crippen molar-refractivity contribution < 1.29 is 42.2 Å². The summed E-state index contributed by atoms with van der Waals surface area (Å²) < 4.78 is 4.50. The average molecular weight is 188 g/mol. The van der Waals surface area contributed by atoms with Gasteiger partial charge >= 0.3 is 0 Å². The zero-order valence-electron chi connectivity index (χ0n) is 4.70. The zero-order chi connectivity index (χ0) is 5.70. The van der Waals surface area contributed by atoms with E-state index in [9.17, 15) is 4.79 Å². The molecule has 0 heterocycles. The molecule has 0 aromatic heterocycles. The van der Waals surface area contributed by atoms with Crippen molar-refractivity contribution in [3.63, 3.8) is 0 Å². The van der Waals surface area contributed by atoms with Gasteiger partial charge in [-0.1, -0.05) is 0 Å². The molecule has 1 radical (unpaired) electrons. The predicted molar refractivity (Wildman–Crippen MR) is 25.7 cm³/mol. The van der Waals surface area contributed by atoms with E-state index in [0.717, 1.165) is 0 Å². The van der Waals surface area contributed by atoms with Crippen molar-refractivity contribution >= 4 is 6.29 Å². The van der Waals surface area contributed by atoms with E-state index in [-0.39, 0.29) is 32.7 Å². The Hall–Kier alpha value is 0.474. The Kier molecular flexibility index (Phi) is 10.6. The van der Waals surface area contributed by atoms with Crippen molar-refractivity contribution in [2.45, 2.75) is 6.10 Å². The summed E-state index contributed by atoms with van der Waals surface area (Å²) in [5.41, 5.74) is 0. The molecule has 0 spiro atoms. The number of carbonyl (C=O) groups is 1. The zero-order valence-corrected chi connectivity index (χ0v) is 7.54. The molecule has 2 nitrogen and oxygen atoms in total. The quantitative estimate of drug-likeness (QED) is 0.466. The van der Waals surface area contributed by atoms with Crippen LogP contribution in [0.5, 0.6) is 0 Å². The molecule has 0 bridgehead atoms. The Morgan fingerprint density at radius 2 is 2.25 bits per heavy atom. The van der Waals surface area contributed by atoms with Crippen molar-refractivity contribution in [2.24, 2.45) is 0 Å². The molecule has 0 N–H and O–H groups in total. The minimum Gasteiger partial charge on any atom is -0.515 e. The van der Waals surface area contributed by atoms with Gasteiger partial charge in [0.15, 0.2) is 0 Å². The maximum Gasteiger partial charge on any atom is 0.149 e. The molecular weight excluding hydrogens is 181 g/mol. The van der Waals surface area contributed by atoms with Gasteiger partial charge in [-0.15, -0.1) is 0 Å². The first kappa shape index (κ1) is 11.3. The fraction of sp³-hybridized carbons (Fsp3) is 0.400. The van der Waals surface area contributed by atoms with E-state index in [1.54, 1.807) is 0 Å². The molecular formula is C5H7O2Y-. The molecule has 0 aromatic carbocycles. The second-order valence-corrected chi connectivity index (χ2v) is 1.03. The number of hydrogen-bond acceptors (Lipinski definition) is 2. The van der Waals surface area contributed by atoms with Gasteiger partial charge in [0.05, 0.1) is 6.10 Å². The number of ether oxygens (including phenoxy) is 1. The molecule has 0 saturated carbocycles. The third kappa shape index (κ3) is 4.63. The molecule has 0 aromatic rings. The van der Waals surface area contributed by atoms with Crippen molar-refractivity contribution in [1.29, 1.82) is 0 Å². The number of hydrogen-bond donors (Lipinski definition) is 0. The van der Waals surface area contributed by atoms with Gasteiger partial charge < -0.3 is 16.1 Å². The fourth-order valence-electron chi connectivity index (χ4n) is 0.179. The van der Waals surface area contributed by atoms with Crippen molar-refractivity contribution in [2.75, 3.05) is 7.11 Å². The van der Waals surface area contributed by atoms with E-state index in [4.69, 9.17) is 6.58 Å². The SMILES string of the molecule is [CH-]=C[C@@H](C=O)OC.[Y]. The van der Waals surface area contributed by atoms with Gasteiger partial charge in [-0.2, -0.15) is 0 Å². The summed E-state index contributed by atoms with van der Waals surface area (Å²) in [6.45, 7) is 4.91. The van der Waals surface area contributed by atoms with Crippen LogP contribution in [0.15, 0.2) is 6.08 Å². The molecule has 0 unspecified atom stereocenters. The number of methoxy groups -OCH3 is 1. The third-order valence-electron chi connectivity index (χ3n) is 0.596. The molecule has 0 amide bonds. The maximum atomic E-state index is 9.73. The van der Waals surface area contributed by atoms with E-state index in [1.165, 1.54) is 13.2 Å². The molecule has 1 atom stereocenters. The van der Waals surface area contributed by atoms with E-state index >= 15 is 0 Å². The second kappa shape index (κ2) is 7.47. The molecule has 8 heavy (non-hydrogen) atoms. The van der Waals surface area contributed by atoms with Gasteiger partial charge in [-0.05, 0) is 0 Å². The molecule has 43 valence electrons. The topological polar surface area (TPSA) is 26.3 Å². The van der Waals surface area contributed by atoms with E-state index in [0.29, 0.717) is 6.29 Å². The first-order valence-corrected chi connectivity index (χ1v) is 1.88. The van der Waals surface area contributed by atoms with Crippen molar-refractivity contribution in [3.05, 3.63) is 12.7 Å². The number of aldehydes is 1. The largest absolute Gasteiger partial charge is 0.515 e. The van der Waals surface area contributed by atoms with Gasteiger partial charge in [-0.3, -0.25) is 0 Å². The summed E-state index contributed by atoms with van der Waals surface area (Å²) in [7, 11) is 1.42. The Labute approximate surface area is 74.2 Å². The van der Waals surface area contributed by atoms with Crippen molar-refractivity contribution in [3.8, 4) is 0 Å². The van der Waals surface area contributed by atoms with Gasteiger partial charge in [0.1, 0.15) is 6.29 Å². The number of rotatable bonds is 3. The average Bonchev–Trinajstić information content (AvgIpc) is 1.72. The minimum absolute atomic E-state index is 0. The number of carbonyl (C=O) groups excluding carboxylic acids is 1. The van der Waals surface area contributed by atoms with Gasteiger partial charge in [0.25, 0.3) is 0 Å². The predicted octanol–water partition coefficient (Wildman–Crippen LogP) is 0.187. The summed E-state index contributed by atoms with van der Waals surface area (Å²) in [5.74, 6) is 0. The molecule has 0 saturated heterocycles. The van der Waals surface area contributed by atoms with Crippen LogP contribution in [0.1, 0.15) is 0 Å². The van der Waals surface area contributed by atoms with Crippen LogP contribution in [0.2, 0.25) is 0 Å². The van der Waals surface area contributed by atoms with Crippen LogP contribution in [-0.2, 0) is 42.2 Å². The summed E-state index contributed by atoms with van der Waals surface area (Å²) in [4.78, 5) is 9.73. The Morgan fingerprint density at radius 3 is 2.25 bits per heavy atom. The first-order valence-electron chi connectivity index (χ1n) is 1.88. The standard InChI is InChI=1S/C5H7O2.Y/c1-3-5(4-6)7-2;/h1,3-5H,2H3;/q-1;/t5-;/m0./s1. The van der Waals surface area contributed by atoms with Gasteiger partial charge in [0, 0.05) is 39.8 Å². The summed E-state index contributed by atoms with van der Waals surface area (Å²) in [5, 5.41) is 0. The van der Waals surface area contributed by atoms with Gasteiger partial charge in [-0.25, -0.2) is 6.08 Å². The molecule has 0 aliphatic heterocycles. The molecule has 0 fully saturated rings. The summed E-state index contributed by atoms with van der Waals surface area (Å²) >= 11 is 0. The van der Waals surface area contributed by atoms with E-state index < -0.39 is 6.10 Å². The smallest absolute Gasteiger partial charge is 0.149 e. The van der Waals surface area contributed by atoms with Crippen LogP contribution in [0.25, 0.3) is 0 Å². The van der Waals surface area contributed by atoms with E-state index in [1.807, 2.05) is 0 Å². The molecule has 0 rings (SSSR count). The Bertz CT molecular complexity index is 64.8. The molecule has 0 aliphatic carbocycles. The fourth-order valence-corrected chi connectivity index (χ4v) is 0.179. The summed E-state index contributed by atoms with van der Waals surface area (Å²) in [6, 6.07) is 0. The maximum absolute atomic E-state index is 9.73. The van der Waals surface area contributed by atoms with Crippen LogP contribution >= 0.6 is 0 Å². The Balaban J connectivity index is 0. The third-order valence-corrected chi connectivity index (χ3v) is 0.596. The monoisotopic (exact) mass is 188 g/mol. The van der Waals surface area contributed by atoms with Gasteiger partial charge in [0.2, 0.25) is 0 Å². The first-order chi connectivity index (χ1) is 3.35. The van der Waals surface area contributed by atoms with Crippen LogP contribution < -0.4 is 0 Å².